The van der Waals surface area contributed by atoms with Crippen LogP contribution < -0.4 is 4.72 Å². The van der Waals surface area contributed by atoms with E-state index in [0.717, 1.165) is 9.35 Å². The molecular formula is C18H14BrNO3S2. The SMILES string of the molecule is O=C(c1ccccc1)c1ccc(CNS(=O)(=O)c2ccc(Br)cc2)s1. The summed E-state index contributed by atoms with van der Waals surface area (Å²) >= 11 is 4.57. The summed E-state index contributed by atoms with van der Waals surface area (Å²) in [6.45, 7) is 0.144. The zero-order chi connectivity index (χ0) is 17.9. The number of rotatable bonds is 6. The summed E-state index contributed by atoms with van der Waals surface area (Å²) in [5.41, 5.74) is 0.617. The molecule has 0 radical (unpaired) electrons. The van der Waals surface area contributed by atoms with Crippen LogP contribution in [0.4, 0.5) is 0 Å². The van der Waals surface area contributed by atoms with E-state index in [4.69, 9.17) is 0 Å². The molecule has 0 fully saturated rings. The van der Waals surface area contributed by atoms with Crippen molar-refractivity contribution in [3.63, 3.8) is 0 Å². The maximum absolute atomic E-state index is 12.4. The average molecular weight is 436 g/mol. The molecule has 2 aromatic carbocycles. The molecule has 0 aliphatic rings. The molecule has 4 nitrogen and oxygen atoms in total. The third-order valence-corrected chi connectivity index (χ3v) is 6.51. The normalized spacial score (nSPS) is 11.4. The van der Waals surface area contributed by atoms with Crippen LogP contribution in [0, 0.1) is 0 Å². The number of carbonyl (C=O) groups is 1. The van der Waals surface area contributed by atoms with Crippen LogP contribution in [-0.4, -0.2) is 14.2 Å². The minimum atomic E-state index is -3.59. The Morgan fingerprint density at radius 1 is 0.960 bits per heavy atom. The summed E-state index contributed by atoms with van der Waals surface area (Å²) in [7, 11) is -3.59. The van der Waals surface area contributed by atoms with E-state index >= 15 is 0 Å². The molecule has 7 heteroatoms. The zero-order valence-corrected chi connectivity index (χ0v) is 16.2. The van der Waals surface area contributed by atoms with E-state index in [1.165, 1.54) is 23.5 Å². The van der Waals surface area contributed by atoms with Crippen LogP contribution in [0.2, 0.25) is 0 Å². The van der Waals surface area contributed by atoms with Crippen molar-refractivity contribution in [2.45, 2.75) is 11.4 Å². The van der Waals surface area contributed by atoms with Gasteiger partial charge < -0.3 is 0 Å². The topological polar surface area (TPSA) is 63.2 Å². The highest BCUT2D eigenvalue weighted by atomic mass is 79.9. The number of benzene rings is 2. The van der Waals surface area contributed by atoms with Crippen LogP contribution >= 0.6 is 27.3 Å². The predicted molar refractivity (Wildman–Crippen MR) is 102 cm³/mol. The first-order valence-corrected chi connectivity index (χ1v) is 10.5. The third kappa shape index (κ3) is 4.43. The van der Waals surface area contributed by atoms with E-state index in [2.05, 4.69) is 20.7 Å². The van der Waals surface area contributed by atoms with Gasteiger partial charge in [0.05, 0.1) is 9.77 Å². The molecule has 1 heterocycles. The van der Waals surface area contributed by atoms with Crippen LogP contribution in [0.5, 0.6) is 0 Å². The lowest BCUT2D eigenvalue weighted by Crippen LogP contribution is -2.22. The van der Waals surface area contributed by atoms with Crippen LogP contribution in [0.25, 0.3) is 0 Å². The van der Waals surface area contributed by atoms with E-state index in [-0.39, 0.29) is 17.2 Å². The molecular weight excluding hydrogens is 422 g/mol. The molecule has 3 rings (SSSR count). The maximum Gasteiger partial charge on any atom is 0.240 e. The summed E-state index contributed by atoms with van der Waals surface area (Å²) in [6.07, 6.45) is 0. The molecule has 0 aliphatic carbocycles. The first-order valence-electron chi connectivity index (χ1n) is 7.39. The maximum atomic E-state index is 12.4. The molecule has 0 atom stereocenters. The number of nitrogens with one attached hydrogen (secondary N) is 1. The minimum absolute atomic E-state index is 0.0624. The van der Waals surface area contributed by atoms with Gasteiger partial charge in [-0.2, -0.15) is 0 Å². The molecule has 0 unspecified atom stereocenters. The first kappa shape index (κ1) is 18.0. The van der Waals surface area contributed by atoms with Crippen molar-refractivity contribution < 1.29 is 13.2 Å². The lowest BCUT2D eigenvalue weighted by Gasteiger charge is -2.05. The second-order valence-corrected chi connectivity index (χ2v) is 9.09. The highest BCUT2D eigenvalue weighted by Gasteiger charge is 2.15. The highest BCUT2D eigenvalue weighted by molar-refractivity contribution is 9.10. The summed E-state index contributed by atoms with van der Waals surface area (Å²) in [6, 6.07) is 18.9. The van der Waals surface area contributed by atoms with Gasteiger partial charge in [0, 0.05) is 21.5 Å². The molecule has 0 saturated heterocycles. The van der Waals surface area contributed by atoms with E-state index in [1.807, 2.05) is 18.2 Å². The second-order valence-electron chi connectivity index (χ2n) is 5.24. The molecule has 128 valence electrons. The number of sulfonamides is 1. The molecule has 1 aromatic heterocycles. The smallest absolute Gasteiger partial charge is 0.240 e. The van der Waals surface area contributed by atoms with Crippen molar-refractivity contribution in [2.75, 3.05) is 0 Å². The van der Waals surface area contributed by atoms with Gasteiger partial charge in [0.2, 0.25) is 15.8 Å². The second kappa shape index (κ2) is 7.61. The Morgan fingerprint density at radius 2 is 1.64 bits per heavy atom. The van der Waals surface area contributed by atoms with Crippen molar-refractivity contribution >= 4 is 43.1 Å². The average Bonchev–Trinajstić information content (AvgIpc) is 3.10. The van der Waals surface area contributed by atoms with Crippen molar-refractivity contribution in [3.05, 3.63) is 86.5 Å². The monoisotopic (exact) mass is 435 g/mol. The fourth-order valence-corrected chi connectivity index (χ4v) is 4.46. The summed E-state index contributed by atoms with van der Waals surface area (Å²) < 4.78 is 28.0. The molecule has 0 saturated carbocycles. The Morgan fingerprint density at radius 3 is 2.32 bits per heavy atom. The molecule has 0 amide bonds. The Balaban J connectivity index is 1.69. The number of hydrogen-bond acceptors (Lipinski definition) is 4. The standard InChI is InChI=1S/C18H14BrNO3S2/c19-14-6-9-16(10-7-14)25(22,23)20-12-15-8-11-17(24-15)18(21)13-4-2-1-3-5-13/h1-11,20H,12H2. The van der Waals surface area contributed by atoms with E-state index in [0.29, 0.717) is 10.4 Å². The predicted octanol–water partition coefficient (Wildman–Crippen LogP) is 4.22. The van der Waals surface area contributed by atoms with Crippen molar-refractivity contribution in [1.29, 1.82) is 0 Å². The van der Waals surface area contributed by atoms with E-state index in [9.17, 15) is 13.2 Å². The molecule has 0 spiro atoms. The lowest BCUT2D eigenvalue weighted by atomic mass is 10.1. The summed E-state index contributed by atoms with van der Waals surface area (Å²) in [4.78, 5) is 13.9. The number of thiophene rings is 1. The number of halogens is 1. The molecule has 0 bridgehead atoms. The van der Waals surface area contributed by atoms with Gasteiger partial charge in [-0.25, -0.2) is 13.1 Å². The van der Waals surface area contributed by atoms with Gasteiger partial charge >= 0.3 is 0 Å². The first-order chi connectivity index (χ1) is 12.0. The largest absolute Gasteiger partial charge is 0.288 e. The third-order valence-electron chi connectivity index (χ3n) is 3.48. The van der Waals surface area contributed by atoms with Crippen molar-refractivity contribution in [3.8, 4) is 0 Å². The van der Waals surface area contributed by atoms with Gasteiger partial charge in [-0.15, -0.1) is 11.3 Å². The fourth-order valence-electron chi connectivity index (χ4n) is 2.19. The molecule has 3 aromatic rings. The fraction of sp³-hybridized carbons (Fsp3) is 0.0556. The summed E-state index contributed by atoms with van der Waals surface area (Å²) in [5, 5.41) is 0. The Labute approximate surface area is 158 Å². The van der Waals surface area contributed by atoms with E-state index < -0.39 is 10.0 Å². The van der Waals surface area contributed by atoms with Crippen molar-refractivity contribution in [1.82, 2.24) is 4.72 Å². The molecule has 25 heavy (non-hydrogen) atoms. The minimum Gasteiger partial charge on any atom is -0.288 e. The summed E-state index contributed by atoms with van der Waals surface area (Å²) in [5.74, 6) is -0.0624. The van der Waals surface area contributed by atoms with Crippen LogP contribution in [0.3, 0.4) is 0 Å². The van der Waals surface area contributed by atoms with Crippen LogP contribution in [0.1, 0.15) is 20.1 Å². The van der Waals surface area contributed by atoms with E-state index in [1.54, 1.807) is 36.4 Å². The Kier molecular flexibility index (Phi) is 5.48. The van der Waals surface area contributed by atoms with Gasteiger partial charge in [0.15, 0.2) is 0 Å². The number of ketones is 1. The van der Waals surface area contributed by atoms with Gasteiger partial charge in [-0.05, 0) is 36.4 Å². The number of hydrogen-bond donors (Lipinski definition) is 1. The Bertz CT molecular complexity index is 981. The number of carbonyl (C=O) groups excluding carboxylic acids is 1. The van der Waals surface area contributed by atoms with Crippen molar-refractivity contribution in [2.24, 2.45) is 0 Å². The van der Waals surface area contributed by atoms with Crippen LogP contribution in [0.15, 0.2) is 76.1 Å². The van der Waals surface area contributed by atoms with Crippen LogP contribution in [-0.2, 0) is 16.6 Å². The zero-order valence-electron chi connectivity index (χ0n) is 13.0. The quantitative estimate of drug-likeness (QED) is 0.589. The highest BCUT2D eigenvalue weighted by Crippen LogP contribution is 2.21. The molecule has 1 N–H and O–H groups in total. The lowest BCUT2D eigenvalue weighted by molar-refractivity contribution is 0.104. The van der Waals surface area contributed by atoms with Gasteiger partial charge in [-0.1, -0.05) is 46.3 Å². The molecule has 0 aliphatic heterocycles. The van der Waals surface area contributed by atoms with Gasteiger partial charge in [0.1, 0.15) is 0 Å². The van der Waals surface area contributed by atoms with Gasteiger partial charge in [-0.3, -0.25) is 4.79 Å². The Hall–Kier alpha value is -1.80. The van der Waals surface area contributed by atoms with Gasteiger partial charge in [0.25, 0.3) is 0 Å².